The molecule has 0 unspecified atom stereocenters. The number of carbonyl (C=O) groups excluding carboxylic acids is 2. The molecule has 0 heterocycles. The summed E-state index contributed by atoms with van der Waals surface area (Å²) < 4.78 is 5.63. The van der Waals surface area contributed by atoms with Gasteiger partial charge in [-0.15, -0.1) is 0 Å². The third kappa shape index (κ3) is 7.18. The molecule has 3 rings (SSSR count). The van der Waals surface area contributed by atoms with Gasteiger partial charge in [-0.25, -0.2) is 0 Å². The molecule has 36 heavy (non-hydrogen) atoms. The molecule has 0 fully saturated rings. The van der Waals surface area contributed by atoms with Crippen LogP contribution >= 0.6 is 0 Å². The molecule has 0 saturated carbocycles. The zero-order chi connectivity index (χ0) is 26.1. The summed E-state index contributed by atoms with van der Waals surface area (Å²) in [5.41, 5.74) is 0.785. The lowest BCUT2D eigenvalue weighted by Crippen LogP contribution is -2.49. The largest absolute Gasteiger partial charge is 0.504 e. The number of nitro groups is 1. The Morgan fingerprint density at radius 2 is 1.64 bits per heavy atom. The van der Waals surface area contributed by atoms with Crippen LogP contribution in [-0.4, -0.2) is 51.3 Å². The number of nitro benzene ring substituents is 1. The van der Waals surface area contributed by atoms with E-state index in [-0.39, 0.29) is 36.8 Å². The van der Waals surface area contributed by atoms with Gasteiger partial charge in [-0.2, -0.15) is 0 Å². The van der Waals surface area contributed by atoms with E-state index in [0.29, 0.717) is 12.0 Å². The molecule has 3 aromatic rings. The second-order valence-corrected chi connectivity index (χ2v) is 7.85. The van der Waals surface area contributed by atoms with E-state index in [4.69, 9.17) is 4.74 Å². The standard InChI is InChI=1S/C25H25N3O8/c29-21-9-7-18(13-20(21)28(34)35)24(32)27-19(15-36-14-17-4-2-1-3-5-17)25(33)26-11-10-16-6-8-22(30)23(31)12-16/h1-9,12-13,19,29-31H,10-11,14-15H2,(H,26,33)(H,27,32)/t19-/m0/s1. The molecule has 0 aliphatic carbocycles. The van der Waals surface area contributed by atoms with E-state index in [9.17, 15) is 35.0 Å². The van der Waals surface area contributed by atoms with Crippen molar-refractivity contribution in [3.8, 4) is 17.2 Å². The zero-order valence-corrected chi connectivity index (χ0v) is 19.1. The maximum absolute atomic E-state index is 12.8. The van der Waals surface area contributed by atoms with Gasteiger partial charge in [0.1, 0.15) is 6.04 Å². The van der Waals surface area contributed by atoms with Crippen LogP contribution in [0, 0.1) is 10.1 Å². The van der Waals surface area contributed by atoms with Gasteiger partial charge in [0, 0.05) is 18.2 Å². The fourth-order valence-electron chi connectivity index (χ4n) is 3.28. The van der Waals surface area contributed by atoms with Crippen molar-refractivity contribution in [1.82, 2.24) is 10.6 Å². The van der Waals surface area contributed by atoms with Crippen LogP contribution in [0.2, 0.25) is 0 Å². The molecule has 0 aliphatic rings. The van der Waals surface area contributed by atoms with Gasteiger partial charge < -0.3 is 30.7 Å². The molecule has 0 radical (unpaired) electrons. The van der Waals surface area contributed by atoms with Gasteiger partial charge in [-0.1, -0.05) is 36.4 Å². The van der Waals surface area contributed by atoms with Crippen molar-refractivity contribution in [2.75, 3.05) is 13.2 Å². The predicted octanol–water partition coefficient (Wildman–Crippen LogP) is 2.39. The molecular weight excluding hydrogens is 470 g/mol. The highest BCUT2D eigenvalue weighted by Crippen LogP contribution is 2.26. The summed E-state index contributed by atoms with van der Waals surface area (Å²) in [4.78, 5) is 35.8. The van der Waals surface area contributed by atoms with Crippen molar-refractivity contribution in [2.24, 2.45) is 0 Å². The van der Waals surface area contributed by atoms with Crippen LogP contribution in [0.25, 0.3) is 0 Å². The molecule has 0 aromatic heterocycles. The van der Waals surface area contributed by atoms with Crippen molar-refractivity contribution in [2.45, 2.75) is 19.1 Å². The Morgan fingerprint density at radius 3 is 2.33 bits per heavy atom. The Kier molecular flexibility index (Phi) is 8.79. The van der Waals surface area contributed by atoms with Crippen LogP contribution in [0.1, 0.15) is 21.5 Å². The summed E-state index contributed by atoms with van der Waals surface area (Å²) in [7, 11) is 0. The number of phenolic OH excluding ortho intramolecular Hbond substituents is 3. The van der Waals surface area contributed by atoms with Crippen LogP contribution in [0.5, 0.6) is 17.2 Å². The first-order chi connectivity index (χ1) is 17.2. The molecule has 0 saturated heterocycles. The first kappa shape index (κ1) is 26.0. The molecule has 3 aromatic carbocycles. The summed E-state index contributed by atoms with van der Waals surface area (Å²) in [6.45, 7) is 0.184. The summed E-state index contributed by atoms with van der Waals surface area (Å²) in [6, 6.07) is 15.6. The lowest BCUT2D eigenvalue weighted by atomic mass is 10.1. The Bertz CT molecular complexity index is 1230. The second-order valence-electron chi connectivity index (χ2n) is 7.85. The molecule has 0 aliphatic heterocycles. The fraction of sp³-hybridized carbons (Fsp3) is 0.200. The number of nitrogens with zero attached hydrogens (tertiary/aromatic N) is 1. The molecule has 1 atom stereocenters. The number of amides is 2. The third-order valence-electron chi connectivity index (χ3n) is 5.20. The number of ether oxygens (including phenoxy) is 1. The van der Waals surface area contributed by atoms with Crippen molar-refractivity contribution in [1.29, 1.82) is 0 Å². The highest BCUT2D eigenvalue weighted by atomic mass is 16.6. The van der Waals surface area contributed by atoms with Gasteiger partial charge in [-0.3, -0.25) is 19.7 Å². The van der Waals surface area contributed by atoms with Gasteiger partial charge in [-0.05, 0) is 41.8 Å². The predicted molar refractivity (Wildman–Crippen MR) is 129 cm³/mol. The maximum atomic E-state index is 12.8. The summed E-state index contributed by atoms with van der Waals surface area (Å²) >= 11 is 0. The van der Waals surface area contributed by atoms with Gasteiger partial charge in [0.05, 0.1) is 18.1 Å². The van der Waals surface area contributed by atoms with E-state index >= 15 is 0 Å². The lowest BCUT2D eigenvalue weighted by molar-refractivity contribution is -0.385. The number of benzene rings is 3. The number of aromatic hydroxyl groups is 3. The van der Waals surface area contributed by atoms with Crippen molar-refractivity contribution in [3.63, 3.8) is 0 Å². The number of hydrogen-bond donors (Lipinski definition) is 5. The Morgan fingerprint density at radius 1 is 0.917 bits per heavy atom. The van der Waals surface area contributed by atoms with Crippen molar-refractivity contribution >= 4 is 17.5 Å². The summed E-state index contributed by atoms with van der Waals surface area (Å²) in [5.74, 6) is -2.42. The Labute approximate surface area is 206 Å². The highest BCUT2D eigenvalue weighted by molar-refractivity contribution is 5.98. The van der Waals surface area contributed by atoms with Crippen molar-refractivity contribution in [3.05, 3.63) is 93.5 Å². The first-order valence-corrected chi connectivity index (χ1v) is 10.9. The number of rotatable bonds is 11. The average molecular weight is 495 g/mol. The summed E-state index contributed by atoms with van der Waals surface area (Å²) in [5, 5.41) is 44.9. The monoisotopic (exact) mass is 495 g/mol. The molecule has 11 heteroatoms. The van der Waals surface area contributed by atoms with E-state index < -0.39 is 34.2 Å². The molecule has 11 nitrogen and oxygen atoms in total. The zero-order valence-electron chi connectivity index (χ0n) is 19.1. The Hall–Kier alpha value is -4.64. The van der Waals surface area contributed by atoms with Gasteiger partial charge >= 0.3 is 5.69 Å². The molecule has 5 N–H and O–H groups in total. The van der Waals surface area contributed by atoms with Crippen LogP contribution in [-0.2, 0) is 22.6 Å². The molecule has 0 bridgehead atoms. The van der Waals surface area contributed by atoms with Crippen molar-refractivity contribution < 1.29 is 34.6 Å². The molecule has 188 valence electrons. The molecule has 2 amide bonds. The first-order valence-electron chi connectivity index (χ1n) is 10.9. The number of nitrogens with one attached hydrogen (secondary N) is 2. The SMILES string of the molecule is O=C(N[C@@H](COCc1ccccc1)C(=O)NCCc1ccc(O)c(O)c1)c1ccc(O)c([N+](=O)[O-])c1. The van der Waals surface area contributed by atoms with E-state index in [1.165, 1.54) is 18.2 Å². The smallest absolute Gasteiger partial charge is 0.311 e. The number of hydrogen-bond acceptors (Lipinski definition) is 8. The second kappa shape index (κ2) is 12.2. The van der Waals surface area contributed by atoms with Crippen LogP contribution < -0.4 is 10.6 Å². The molecule has 0 spiro atoms. The van der Waals surface area contributed by atoms with E-state index in [0.717, 1.165) is 17.7 Å². The topological polar surface area (TPSA) is 171 Å². The normalized spacial score (nSPS) is 11.4. The number of phenols is 3. The van der Waals surface area contributed by atoms with E-state index in [1.807, 2.05) is 30.3 Å². The van der Waals surface area contributed by atoms with Gasteiger partial charge in [0.15, 0.2) is 17.2 Å². The summed E-state index contributed by atoms with van der Waals surface area (Å²) in [6.07, 6.45) is 0.343. The lowest BCUT2D eigenvalue weighted by Gasteiger charge is -2.19. The van der Waals surface area contributed by atoms with E-state index in [1.54, 1.807) is 6.07 Å². The van der Waals surface area contributed by atoms with Crippen LogP contribution in [0.4, 0.5) is 5.69 Å². The molecular formula is C25H25N3O8. The third-order valence-corrected chi connectivity index (χ3v) is 5.20. The van der Waals surface area contributed by atoms with Crippen LogP contribution in [0.3, 0.4) is 0 Å². The highest BCUT2D eigenvalue weighted by Gasteiger charge is 2.24. The average Bonchev–Trinajstić information content (AvgIpc) is 2.86. The van der Waals surface area contributed by atoms with E-state index in [2.05, 4.69) is 10.6 Å². The Balaban J connectivity index is 1.66. The minimum absolute atomic E-state index is 0.111. The minimum Gasteiger partial charge on any atom is -0.504 e. The quantitative estimate of drug-likeness (QED) is 0.153. The minimum atomic E-state index is -1.12. The maximum Gasteiger partial charge on any atom is 0.311 e. The van der Waals surface area contributed by atoms with Crippen LogP contribution in [0.15, 0.2) is 66.7 Å². The van der Waals surface area contributed by atoms with Gasteiger partial charge in [0.25, 0.3) is 5.91 Å². The van der Waals surface area contributed by atoms with Gasteiger partial charge in [0.2, 0.25) is 5.91 Å². The fourth-order valence-corrected chi connectivity index (χ4v) is 3.28. The number of carbonyl (C=O) groups is 2.